The van der Waals surface area contributed by atoms with Crippen LogP contribution in [0.3, 0.4) is 0 Å². The van der Waals surface area contributed by atoms with Crippen LogP contribution < -0.4 is 0 Å². The Morgan fingerprint density at radius 1 is 1.62 bits per heavy atom. The zero-order valence-corrected chi connectivity index (χ0v) is 8.83. The fraction of sp³-hybridized carbons (Fsp3) is 0.429. The molecule has 1 rings (SSSR count). The Kier molecular flexibility index (Phi) is 5.38. The largest absolute Gasteiger partial charge is 0.0805 e. The van der Waals surface area contributed by atoms with Gasteiger partial charge in [-0.05, 0) is 12.8 Å². The van der Waals surface area contributed by atoms with Crippen LogP contribution in [-0.4, -0.2) is 45.5 Å². The first kappa shape index (κ1) is 8.96. The van der Waals surface area contributed by atoms with Gasteiger partial charge in [-0.25, -0.2) is 0 Å². The monoisotopic (exact) mass is 182 g/mol. The van der Waals surface area contributed by atoms with Gasteiger partial charge in [-0.2, -0.15) is 0 Å². The van der Waals surface area contributed by atoms with Crippen molar-refractivity contribution >= 4 is 45.5 Å². The number of rotatable bonds is 1. The second kappa shape index (κ2) is 4.80. The van der Waals surface area contributed by atoms with Gasteiger partial charge in [-0.15, -0.1) is 0 Å². The molecule has 1 heteroatoms. The van der Waals surface area contributed by atoms with Crippen molar-refractivity contribution in [2.24, 2.45) is 0 Å². The second-order valence-corrected chi connectivity index (χ2v) is 1.81. The number of allylic oxidation sites excluding steroid dienone is 4. The Morgan fingerprint density at radius 3 is 2.62 bits per heavy atom. The van der Waals surface area contributed by atoms with E-state index in [1.807, 2.05) is 0 Å². The van der Waals surface area contributed by atoms with Crippen molar-refractivity contribution < 1.29 is 0 Å². The summed E-state index contributed by atoms with van der Waals surface area (Å²) < 4.78 is 0. The maximum absolute atomic E-state index is 2.19. The normalized spacial score (nSPS) is 15.4. The number of hydrogen-bond acceptors (Lipinski definition) is 0. The van der Waals surface area contributed by atoms with Gasteiger partial charge in [0, 0.05) is 45.5 Å². The van der Waals surface area contributed by atoms with Crippen LogP contribution in [0.4, 0.5) is 0 Å². The summed E-state index contributed by atoms with van der Waals surface area (Å²) in [4.78, 5) is 0. The third-order valence-corrected chi connectivity index (χ3v) is 1.30. The van der Waals surface area contributed by atoms with Gasteiger partial charge < -0.3 is 0 Å². The van der Waals surface area contributed by atoms with Crippen molar-refractivity contribution in [3.05, 3.63) is 23.8 Å². The molecule has 0 aromatic rings. The van der Waals surface area contributed by atoms with Crippen molar-refractivity contribution in [2.45, 2.75) is 19.8 Å². The van der Waals surface area contributed by atoms with Crippen LogP contribution in [0.2, 0.25) is 0 Å². The minimum Gasteiger partial charge on any atom is -0.0805 e. The molecular formula is C7H10Sr. The molecule has 0 aromatic heterocycles. The Morgan fingerprint density at radius 2 is 2.38 bits per heavy atom. The molecule has 0 N–H and O–H groups in total. The molecule has 0 fully saturated rings. The molecule has 0 bridgehead atoms. The van der Waals surface area contributed by atoms with E-state index in [1.54, 1.807) is 5.57 Å². The molecular weight excluding hydrogens is 172 g/mol. The molecule has 1 aliphatic rings. The summed E-state index contributed by atoms with van der Waals surface area (Å²) in [6, 6.07) is 0. The molecule has 0 unspecified atom stereocenters. The quantitative estimate of drug-likeness (QED) is 0.543. The average Bonchev–Trinajstić information content (AvgIpc) is 2.14. The summed E-state index contributed by atoms with van der Waals surface area (Å²) in [5.41, 5.74) is 1.56. The summed E-state index contributed by atoms with van der Waals surface area (Å²) in [6.45, 7) is 2.19. The number of hydrogen-bond donors (Lipinski definition) is 0. The standard InChI is InChI=1S/C7H10.Sr/c1-2-7-5-3-4-6-7;/h3-5H,2,6H2,1H3;. The minimum absolute atomic E-state index is 0. The molecule has 0 heterocycles. The Hall–Kier alpha value is 0.961. The van der Waals surface area contributed by atoms with Gasteiger partial charge >= 0.3 is 0 Å². The van der Waals surface area contributed by atoms with Gasteiger partial charge in [-0.3, -0.25) is 0 Å². The molecule has 0 saturated carbocycles. The predicted molar refractivity (Wildman–Crippen MR) is 37.9 cm³/mol. The molecule has 0 spiro atoms. The summed E-state index contributed by atoms with van der Waals surface area (Å²) in [5.74, 6) is 0. The van der Waals surface area contributed by atoms with Gasteiger partial charge in [0.05, 0.1) is 0 Å². The van der Waals surface area contributed by atoms with Crippen LogP contribution >= 0.6 is 0 Å². The Labute approximate surface area is 87.9 Å². The first-order valence-corrected chi connectivity index (χ1v) is 2.78. The van der Waals surface area contributed by atoms with Crippen LogP contribution in [0.15, 0.2) is 23.8 Å². The van der Waals surface area contributed by atoms with E-state index in [-0.39, 0.29) is 45.5 Å². The zero-order chi connectivity index (χ0) is 5.11. The summed E-state index contributed by atoms with van der Waals surface area (Å²) >= 11 is 0. The molecule has 0 amide bonds. The fourth-order valence-electron chi connectivity index (χ4n) is 0.754. The van der Waals surface area contributed by atoms with Crippen LogP contribution in [-0.2, 0) is 0 Å². The molecule has 0 nitrogen and oxygen atoms in total. The molecule has 1 aliphatic carbocycles. The molecule has 2 radical (unpaired) electrons. The maximum atomic E-state index is 2.19. The second-order valence-electron chi connectivity index (χ2n) is 1.81. The van der Waals surface area contributed by atoms with E-state index in [9.17, 15) is 0 Å². The van der Waals surface area contributed by atoms with Crippen molar-refractivity contribution in [1.82, 2.24) is 0 Å². The van der Waals surface area contributed by atoms with E-state index in [1.165, 1.54) is 12.8 Å². The van der Waals surface area contributed by atoms with E-state index in [2.05, 4.69) is 25.2 Å². The average molecular weight is 182 g/mol. The molecule has 0 aromatic carbocycles. The van der Waals surface area contributed by atoms with Gasteiger partial charge in [0.2, 0.25) is 0 Å². The van der Waals surface area contributed by atoms with Crippen LogP contribution in [0.25, 0.3) is 0 Å². The molecule has 0 aliphatic heterocycles. The Balaban J connectivity index is 0.000000490. The van der Waals surface area contributed by atoms with Crippen LogP contribution in [0.5, 0.6) is 0 Å². The van der Waals surface area contributed by atoms with Crippen molar-refractivity contribution in [2.75, 3.05) is 0 Å². The van der Waals surface area contributed by atoms with E-state index < -0.39 is 0 Å². The van der Waals surface area contributed by atoms with Gasteiger partial charge in [0.15, 0.2) is 0 Å². The van der Waals surface area contributed by atoms with Crippen molar-refractivity contribution in [3.63, 3.8) is 0 Å². The van der Waals surface area contributed by atoms with Gasteiger partial charge in [0.25, 0.3) is 0 Å². The van der Waals surface area contributed by atoms with E-state index >= 15 is 0 Å². The first-order valence-electron chi connectivity index (χ1n) is 2.78. The van der Waals surface area contributed by atoms with E-state index in [0.29, 0.717) is 0 Å². The third kappa shape index (κ3) is 2.49. The molecule has 8 heavy (non-hydrogen) atoms. The van der Waals surface area contributed by atoms with Gasteiger partial charge in [-0.1, -0.05) is 30.7 Å². The zero-order valence-electron chi connectivity index (χ0n) is 5.35. The molecule has 0 atom stereocenters. The SMILES string of the molecule is CCC1=CC=CC1.[Sr]. The van der Waals surface area contributed by atoms with E-state index in [0.717, 1.165) is 0 Å². The fourth-order valence-corrected chi connectivity index (χ4v) is 0.754. The van der Waals surface area contributed by atoms with Crippen LogP contribution in [0.1, 0.15) is 19.8 Å². The van der Waals surface area contributed by atoms with Crippen molar-refractivity contribution in [3.8, 4) is 0 Å². The maximum Gasteiger partial charge on any atom is 0 e. The summed E-state index contributed by atoms with van der Waals surface area (Å²) in [6.07, 6.45) is 8.92. The van der Waals surface area contributed by atoms with Gasteiger partial charge in [0.1, 0.15) is 0 Å². The summed E-state index contributed by atoms with van der Waals surface area (Å²) in [5, 5.41) is 0. The molecule has 40 valence electrons. The van der Waals surface area contributed by atoms with Crippen LogP contribution in [0, 0.1) is 0 Å². The van der Waals surface area contributed by atoms with Crippen molar-refractivity contribution in [1.29, 1.82) is 0 Å². The topological polar surface area (TPSA) is 0 Å². The summed E-state index contributed by atoms with van der Waals surface area (Å²) in [7, 11) is 0. The minimum atomic E-state index is 0. The first-order chi connectivity index (χ1) is 3.43. The Bertz CT molecular complexity index is 112. The third-order valence-electron chi connectivity index (χ3n) is 1.30. The molecule has 0 saturated heterocycles. The smallest absolute Gasteiger partial charge is 0 e. The van der Waals surface area contributed by atoms with E-state index in [4.69, 9.17) is 0 Å². The predicted octanol–water partition coefficient (Wildman–Crippen LogP) is 1.90.